The van der Waals surface area contributed by atoms with E-state index in [4.69, 9.17) is 18.9 Å². The number of hydrogen-bond acceptors (Lipinski definition) is 5. The number of benzene rings is 2. The van der Waals surface area contributed by atoms with Crippen molar-refractivity contribution in [3.05, 3.63) is 41.0 Å². The number of methoxy groups -OCH3 is 1. The highest BCUT2D eigenvalue weighted by atomic mass is 16.7. The smallest absolute Gasteiger partial charge is 0.231 e. The van der Waals surface area contributed by atoms with E-state index in [-0.39, 0.29) is 24.6 Å². The average Bonchev–Trinajstić information content (AvgIpc) is 3.14. The van der Waals surface area contributed by atoms with Gasteiger partial charge in [0.05, 0.1) is 7.11 Å². The lowest BCUT2D eigenvalue weighted by Gasteiger charge is -2.16. The molecule has 0 aliphatic carbocycles. The minimum atomic E-state index is -0.135. The number of phenols is 1. The first-order valence-corrected chi connectivity index (χ1v) is 7.56. The molecule has 0 spiro atoms. The van der Waals surface area contributed by atoms with Crippen LogP contribution in [-0.4, -0.2) is 19.0 Å². The third-order valence-corrected chi connectivity index (χ3v) is 4.63. The van der Waals surface area contributed by atoms with Crippen LogP contribution in [0, 0.1) is 6.92 Å². The summed E-state index contributed by atoms with van der Waals surface area (Å²) < 4.78 is 22.2. The third kappa shape index (κ3) is 2.00. The summed E-state index contributed by atoms with van der Waals surface area (Å²) in [5.74, 6) is 2.97. The van der Waals surface area contributed by atoms with Gasteiger partial charge in [0.1, 0.15) is 11.9 Å². The minimum Gasteiger partial charge on any atom is -0.504 e. The second kappa shape index (κ2) is 4.98. The van der Waals surface area contributed by atoms with Crippen LogP contribution in [-0.2, 0) is 0 Å². The predicted molar refractivity (Wildman–Crippen MR) is 83.7 cm³/mol. The molecular weight excluding hydrogens is 296 g/mol. The molecule has 120 valence electrons. The van der Waals surface area contributed by atoms with Crippen LogP contribution < -0.4 is 18.9 Å². The van der Waals surface area contributed by atoms with Crippen molar-refractivity contribution in [2.24, 2.45) is 0 Å². The Hall–Kier alpha value is -2.56. The van der Waals surface area contributed by atoms with Crippen LogP contribution in [0.1, 0.15) is 35.6 Å². The maximum atomic E-state index is 10.2. The molecule has 23 heavy (non-hydrogen) atoms. The lowest BCUT2D eigenvalue weighted by Crippen LogP contribution is -2.07. The topological polar surface area (TPSA) is 57.2 Å². The summed E-state index contributed by atoms with van der Waals surface area (Å²) in [6, 6.07) is 7.61. The van der Waals surface area contributed by atoms with Gasteiger partial charge in [0.2, 0.25) is 6.79 Å². The fourth-order valence-corrected chi connectivity index (χ4v) is 3.42. The van der Waals surface area contributed by atoms with E-state index in [1.165, 1.54) is 7.11 Å². The molecule has 1 N–H and O–H groups in total. The molecule has 0 aromatic heterocycles. The molecule has 4 rings (SSSR count). The Labute approximate surface area is 134 Å². The van der Waals surface area contributed by atoms with E-state index < -0.39 is 0 Å². The van der Waals surface area contributed by atoms with Gasteiger partial charge in [-0.25, -0.2) is 0 Å². The largest absolute Gasteiger partial charge is 0.504 e. The maximum Gasteiger partial charge on any atom is 0.231 e. The second-order valence-corrected chi connectivity index (χ2v) is 5.90. The van der Waals surface area contributed by atoms with Gasteiger partial charge in [0.25, 0.3) is 0 Å². The Bertz CT molecular complexity index is 783. The quantitative estimate of drug-likeness (QED) is 0.916. The van der Waals surface area contributed by atoms with Crippen molar-refractivity contribution < 1.29 is 24.1 Å². The molecule has 2 aliphatic rings. The van der Waals surface area contributed by atoms with Crippen molar-refractivity contribution in [2.75, 3.05) is 13.9 Å². The highest BCUT2D eigenvalue weighted by Crippen LogP contribution is 2.52. The van der Waals surface area contributed by atoms with Crippen molar-refractivity contribution in [3.8, 4) is 28.7 Å². The minimum absolute atomic E-state index is 0.113. The van der Waals surface area contributed by atoms with Gasteiger partial charge in [0.15, 0.2) is 23.0 Å². The van der Waals surface area contributed by atoms with Gasteiger partial charge in [0, 0.05) is 23.1 Å². The summed E-state index contributed by atoms with van der Waals surface area (Å²) >= 11 is 0. The fraction of sp³-hybridized carbons (Fsp3) is 0.333. The van der Waals surface area contributed by atoms with Crippen molar-refractivity contribution in [1.29, 1.82) is 0 Å². The Kier molecular flexibility index (Phi) is 3.04. The maximum absolute atomic E-state index is 10.2. The monoisotopic (exact) mass is 314 g/mol. The van der Waals surface area contributed by atoms with Crippen LogP contribution in [0.25, 0.3) is 0 Å². The van der Waals surface area contributed by atoms with Gasteiger partial charge < -0.3 is 24.1 Å². The highest BCUT2D eigenvalue weighted by Gasteiger charge is 2.36. The second-order valence-electron chi connectivity index (χ2n) is 5.90. The lowest BCUT2D eigenvalue weighted by atomic mass is 9.89. The van der Waals surface area contributed by atoms with Crippen LogP contribution in [0.3, 0.4) is 0 Å². The SMILES string of the molecule is COc1cc2c(c(C)c1O)[C@H](C)[C@@H](c1ccc3c(c1)OCO3)O2. The van der Waals surface area contributed by atoms with Crippen molar-refractivity contribution >= 4 is 0 Å². The Balaban J connectivity index is 1.75. The Morgan fingerprint density at radius 2 is 1.91 bits per heavy atom. The zero-order valence-corrected chi connectivity index (χ0v) is 13.3. The first-order valence-electron chi connectivity index (χ1n) is 7.56. The van der Waals surface area contributed by atoms with Crippen LogP contribution in [0.15, 0.2) is 24.3 Å². The summed E-state index contributed by atoms with van der Waals surface area (Å²) in [6.45, 7) is 4.24. The van der Waals surface area contributed by atoms with Gasteiger partial charge in [-0.2, -0.15) is 0 Å². The van der Waals surface area contributed by atoms with Crippen molar-refractivity contribution in [1.82, 2.24) is 0 Å². The molecule has 0 unspecified atom stereocenters. The number of ether oxygens (including phenoxy) is 4. The van der Waals surface area contributed by atoms with E-state index in [1.54, 1.807) is 6.07 Å². The van der Waals surface area contributed by atoms with Gasteiger partial charge >= 0.3 is 0 Å². The molecule has 2 heterocycles. The van der Waals surface area contributed by atoms with E-state index in [0.29, 0.717) is 5.75 Å². The van der Waals surface area contributed by atoms with E-state index in [0.717, 1.165) is 33.9 Å². The normalized spacial score (nSPS) is 21.0. The summed E-state index contributed by atoms with van der Waals surface area (Å²) in [5, 5.41) is 10.2. The standard InChI is InChI=1S/C18H18O5/c1-9-16-10(2)18(23-14(16)7-15(20-3)17(9)19)11-4-5-12-13(6-11)22-8-21-12/h4-7,10,18-19H,8H2,1-3H3/t10-,18-/m0/s1. The van der Waals surface area contributed by atoms with E-state index in [2.05, 4.69) is 6.92 Å². The molecule has 0 saturated carbocycles. The lowest BCUT2D eigenvalue weighted by molar-refractivity contribution is 0.173. The molecule has 0 bridgehead atoms. The summed E-state index contributed by atoms with van der Waals surface area (Å²) in [4.78, 5) is 0. The molecule has 0 radical (unpaired) electrons. The van der Waals surface area contributed by atoms with E-state index >= 15 is 0 Å². The first-order chi connectivity index (χ1) is 11.1. The van der Waals surface area contributed by atoms with Gasteiger partial charge in [-0.1, -0.05) is 13.0 Å². The van der Waals surface area contributed by atoms with Crippen molar-refractivity contribution in [3.63, 3.8) is 0 Å². The zero-order chi connectivity index (χ0) is 16.1. The molecule has 5 heteroatoms. The number of phenolic OH excluding ortho intramolecular Hbond substituents is 1. The molecule has 2 aromatic rings. The molecule has 0 amide bonds. The summed E-state index contributed by atoms with van der Waals surface area (Å²) in [6.07, 6.45) is -0.135. The molecule has 2 aromatic carbocycles. The van der Waals surface area contributed by atoms with E-state index in [1.807, 2.05) is 25.1 Å². The van der Waals surface area contributed by atoms with Crippen LogP contribution in [0.4, 0.5) is 0 Å². The molecule has 5 nitrogen and oxygen atoms in total. The van der Waals surface area contributed by atoms with E-state index in [9.17, 15) is 5.11 Å². The van der Waals surface area contributed by atoms with Gasteiger partial charge in [-0.15, -0.1) is 0 Å². The fourth-order valence-electron chi connectivity index (χ4n) is 3.42. The molecule has 0 saturated heterocycles. The van der Waals surface area contributed by atoms with Crippen LogP contribution >= 0.6 is 0 Å². The zero-order valence-electron chi connectivity index (χ0n) is 13.3. The summed E-state index contributed by atoms with van der Waals surface area (Å²) in [7, 11) is 1.54. The molecule has 2 atom stereocenters. The Morgan fingerprint density at radius 3 is 2.70 bits per heavy atom. The number of hydrogen-bond donors (Lipinski definition) is 1. The molecular formula is C18H18O5. The van der Waals surface area contributed by atoms with Crippen LogP contribution in [0.5, 0.6) is 28.7 Å². The van der Waals surface area contributed by atoms with Crippen LogP contribution in [0.2, 0.25) is 0 Å². The first kappa shape index (κ1) is 14.1. The number of fused-ring (bicyclic) bond motifs is 2. The highest BCUT2D eigenvalue weighted by molar-refractivity contribution is 5.60. The summed E-state index contributed by atoms with van der Waals surface area (Å²) in [5.41, 5.74) is 2.84. The number of rotatable bonds is 2. The average molecular weight is 314 g/mol. The predicted octanol–water partition coefficient (Wildman–Crippen LogP) is 3.68. The van der Waals surface area contributed by atoms with Gasteiger partial charge in [-0.05, 0) is 24.6 Å². The third-order valence-electron chi connectivity index (χ3n) is 4.63. The molecule has 0 fully saturated rings. The van der Waals surface area contributed by atoms with Crippen molar-refractivity contribution in [2.45, 2.75) is 25.9 Å². The number of aromatic hydroxyl groups is 1. The molecule has 2 aliphatic heterocycles. The van der Waals surface area contributed by atoms with Gasteiger partial charge in [-0.3, -0.25) is 0 Å². The Morgan fingerprint density at radius 1 is 1.13 bits per heavy atom.